The molecule has 1 aromatic heterocycles. The summed E-state index contributed by atoms with van der Waals surface area (Å²) in [5.41, 5.74) is 2.24. The highest BCUT2D eigenvalue weighted by Crippen LogP contribution is 2.41. The van der Waals surface area contributed by atoms with Crippen molar-refractivity contribution in [2.24, 2.45) is 5.92 Å². The minimum atomic E-state index is -0.0382. The van der Waals surface area contributed by atoms with E-state index in [9.17, 15) is 4.79 Å². The Kier molecular flexibility index (Phi) is 5.39. The first-order chi connectivity index (χ1) is 9.97. The molecular formula is C16H27N3O2. The summed E-state index contributed by atoms with van der Waals surface area (Å²) in [5.74, 6) is 1.85. The van der Waals surface area contributed by atoms with Crippen LogP contribution in [0.15, 0.2) is 0 Å². The molecule has 1 aliphatic carbocycles. The van der Waals surface area contributed by atoms with E-state index in [2.05, 4.69) is 36.3 Å². The topological polar surface area (TPSA) is 67.0 Å². The zero-order valence-corrected chi connectivity index (χ0v) is 13.5. The fourth-order valence-corrected chi connectivity index (χ4v) is 2.58. The van der Waals surface area contributed by atoms with Crippen LogP contribution in [0.25, 0.3) is 0 Å². The van der Waals surface area contributed by atoms with Gasteiger partial charge in [0.15, 0.2) is 5.82 Å². The minimum absolute atomic E-state index is 0.0382. The molecule has 0 aliphatic heterocycles. The summed E-state index contributed by atoms with van der Waals surface area (Å²) in [6.45, 7) is 8.86. The molecule has 0 aromatic carbocycles. The lowest BCUT2D eigenvalue weighted by atomic mass is 10.1. The van der Waals surface area contributed by atoms with Gasteiger partial charge in [-0.3, -0.25) is 9.89 Å². The molecule has 1 atom stereocenters. The van der Waals surface area contributed by atoms with E-state index in [1.54, 1.807) is 0 Å². The molecule has 1 saturated carbocycles. The quantitative estimate of drug-likeness (QED) is 0.772. The Labute approximate surface area is 126 Å². The smallest absolute Gasteiger partial charge is 0.227 e. The lowest BCUT2D eigenvalue weighted by Crippen LogP contribution is -2.18. The van der Waals surface area contributed by atoms with Crippen LogP contribution >= 0.6 is 0 Å². The molecule has 0 bridgehead atoms. The Balaban J connectivity index is 1.72. The first-order valence-electron chi connectivity index (χ1n) is 7.93. The third kappa shape index (κ3) is 4.84. The SMILES string of the molecule is Cc1c(NC(=O)CCO[C@@H](C)CC(C)C)n[nH]c1C1CC1. The number of ether oxygens (including phenoxy) is 1. The number of hydrogen-bond acceptors (Lipinski definition) is 3. The Morgan fingerprint density at radius 2 is 2.14 bits per heavy atom. The van der Waals surface area contributed by atoms with Crippen molar-refractivity contribution in [1.82, 2.24) is 10.2 Å². The number of aromatic amines is 1. The number of anilines is 1. The number of amides is 1. The van der Waals surface area contributed by atoms with E-state index < -0.39 is 0 Å². The number of H-pyrrole nitrogens is 1. The maximum absolute atomic E-state index is 11.9. The molecule has 1 aliphatic rings. The summed E-state index contributed by atoms with van der Waals surface area (Å²) < 4.78 is 5.66. The largest absolute Gasteiger partial charge is 0.378 e. The molecule has 1 aromatic rings. The van der Waals surface area contributed by atoms with Crippen molar-refractivity contribution in [3.8, 4) is 0 Å². The molecule has 0 spiro atoms. The van der Waals surface area contributed by atoms with Crippen molar-refractivity contribution in [2.75, 3.05) is 11.9 Å². The van der Waals surface area contributed by atoms with Gasteiger partial charge < -0.3 is 10.1 Å². The number of aromatic nitrogens is 2. The van der Waals surface area contributed by atoms with Crippen molar-refractivity contribution in [2.45, 2.75) is 65.4 Å². The molecule has 1 heterocycles. The molecule has 1 fully saturated rings. The second-order valence-corrected chi connectivity index (χ2v) is 6.49. The van der Waals surface area contributed by atoms with E-state index in [1.807, 2.05) is 6.92 Å². The summed E-state index contributed by atoms with van der Waals surface area (Å²) in [4.78, 5) is 11.9. The van der Waals surface area contributed by atoms with Crippen LogP contribution in [0.4, 0.5) is 5.82 Å². The van der Waals surface area contributed by atoms with Gasteiger partial charge in [-0.1, -0.05) is 13.8 Å². The third-order valence-electron chi connectivity index (χ3n) is 3.83. The van der Waals surface area contributed by atoms with Crippen LogP contribution in [0.1, 0.15) is 63.6 Å². The van der Waals surface area contributed by atoms with Crippen molar-refractivity contribution < 1.29 is 9.53 Å². The van der Waals surface area contributed by atoms with Crippen LogP contribution in [0.5, 0.6) is 0 Å². The first kappa shape index (κ1) is 16.0. The fraction of sp³-hybridized carbons (Fsp3) is 0.750. The maximum atomic E-state index is 11.9. The summed E-state index contributed by atoms with van der Waals surface area (Å²) >= 11 is 0. The number of nitrogens with zero attached hydrogens (tertiary/aromatic N) is 1. The molecule has 2 rings (SSSR count). The second-order valence-electron chi connectivity index (χ2n) is 6.49. The van der Waals surface area contributed by atoms with Gasteiger partial charge >= 0.3 is 0 Å². The van der Waals surface area contributed by atoms with Gasteiger partial charge in [-0.05, 0) is 39.0 Å². The number of carbonyl (C=O) groups is 1. The second kappa shape index (κ2) is 7.07. The monoisotopic (exact) mass is 293 g/mol. The first-order valence-corrected chi connectivity index (χ1v) is 7.93. The predicted molar refractivity (Wildman–Crippen MR) is 83.4 cm³/mol. The van der Waals surface area contributed by atoms with E-state index >= 15 is 0 Å². The van der Waals surface area contributed by atoms with Crippen LogP contribution in [0.3, 0.4) is 0 Å². The van der Waals surface area contributed by atoms with E-state index in [0.29, 0.717) is 30.7 Å². The molecule has 0 radical (unpaired) electrons. The molecule has 5 heteroatoms. The lowest BCUT2D eigenvalue weighted by molar-refractivity contribution is -0.117. The van der Waals surface area contributed by atoms with Gasteiger partial charge in [0.2, 0.25) is 5.91 Å². The zero-order valence-electron chi connectivity index (χ0n) is 13.5. The lowest BCUT2D eigenvalue weighted by Gasteiger charge is -2.14. The highest BCUT2D eigenvalue weighted by Gasteiger charge is 2.28. The highest BCUT2D eigenvalue weighted by molar-refractivity contribution is 5.90. The summed E-state index contributed by atoms with van der Waals surface area (Å²) in [7, 11) is 0. The van der Waals surface area contributed by atoms with E-state index in [1.165, 1.54) is 18.5 Å². The zero-order chi connectivity index (χ0) is 15.4. The molecule has 1 amide bonds. The molecule has 2 N–H and O–H groups in total. The number of nitrogens with one attached hydrogen (secondary N) is 2. The van der Waals surface area contributed by atoms with Gasteiger partial charge in [0.05, 0.1) is 19.1 Å². The minimum Gasteiger partial charge on any atom is -0.378 e. The number of hydrogen-bond donors (Lipinski definition) is 2. The Morgan fingerprint density at radius 1 is 1.43 bits per heavy atom. The average molecular weight is 293 g/mol. The molecular weight excluding hydrogens is 266 g/mol. The van der Waals surface area contributed by atoms with Crippen LogP contribution in [0.2, 0.25) is 0 Å². The molecule has 118 valence electrons. The maximum Gasteiger partial charge on any atom is 0.227 e. The van der Waals surface area contributed by atoms with Crippen molar-refractivity contribution >= 4 is 11.7 Å². The normalized spacial score (nSPS) is 16.2. The van der Waals surface area contributed by atoms with Gasteiger partial charge in [-0.25, -0.2) is 0 Å². The molecule has 5 nitrogen and oxygen atoms in total. The standard InChI is InChI=1S/C16H27N3O2/c1-10(2)9-11(3)21-8-7-14(20)17-16-12(4)15(18-19-16)13-5-6-13/h10-11,13H,5-9H2,1-4H3,(H2,17,18,19,20)/t11-/m0/s1. The van der Waals surface area contributed by atoms with Crippen molar-refractivity contribution in [1.29, 1.82) is 0 Å². The van der Waals surface area contributed by atoms with Gasteiger partial charge in [0, 0.05) is 17.2 Å². The van der Waals surface area contributed by atoms with Gasteiger partial charge in [0.25, 0.3) is 0 Å². The highest BCUT2D eigenvalue weighted by atomic mass is 16.5. The van der Waals surface area contributed by atoms with Crippen molar-refractivity contribution in [3.63, 3.8) is 0 Å². The van der Waals surface area contributed by atoms with Crippen LogP contribution < -0.4 is 5.32 Å². The number of rotatable bonds is 8. The molecule has 0 unspecified atom stereocenters. The Morgan fingerprint density at radius 3 is 2.76 bits per heavy atom. The fourth-order valence-electron chi connectivity index (χ4n) is 2.58. The Hall–Kier alpha value is -1.36. The van der Waals surface area contributed by atoms with Crippen LogP contribution in [-0.4, -0.2) is 28.8 Å². The molecule has 21 heavy (non-hydrogen) atoms. The summed E-state index contributed by atoms with van der Waals surface area (Å²) in [6, 6.07) is 0. The third-order valence-corrected chi connectivity index (χ3v) is 3.83. The van der Waals surface area contributed by atoms with Crippen LogP contribution in [0, 0.1) is 12.8 Å². The van der Waals surface area contributed by atoms with E-state index in [-0.39, 0.29) is 12.0 Å². The Bertz CT molecular complexity index is 478. The van der Waals surface area contributed by atoms with E-state index in [0.717, 1.165) is 12.0 Å². The summed E-state index contributed by atoms with van der Waals surface area (Å²) in [6.07, 6.45) is 4.03. The molecule has 0 saturated heterocycles. The number of carbonyl (C=O) groups excluding carboxylic acids is 1. The average Bonchev–Trinajstić information content (AvgIpc) is 3.16. The van der Waals surface area contributed by atoms with Gasteiger partial charge in [0.1, 0.15) is 0 Å². The van der Waals surface area contributed by atoms with Crippen molar-refractivity contribution in [3.05, 3.63) is 11.3 Å². The summed E-state index contributed by atoms with van der Waals surface area (Å²) in [5, 5.41) is 10.1. The predicted octanol–water partition coefficient (Wildman–Crippen LogP) is 3.38. The van der Waals surface area contributed by atoms with Crippen LogP contribution in [-0.2, 0) is 9.53 Å². The van der Waals surface area contributed by atoms with Gasteiger partial charge in [-0.15, -0.1) is 0 Å². The van der Waals surface area contributed by atoms with Gasteiger partial charge in [-0.2, -0.15) is 5.10 Å². The van der Waals surface area contributed by atoms with E-state index in [4.69, 9.17) is 4.74 Å².